The molecule has 4 aromatic carbocycles. The van der Waals surface area contributed by atoms with Gasteiger partial charge in [-0.1, -0.05) is 80.2 Å². The molecular formula is C35H27N3Pt. The molecule has 0 N–H and O–H groups in total. The van der Waals surface area contributed by atoms with Crippen LogP contribution >= 0.6 is 0 Å². The average Bonchev–Trinajstić information content (AvgIpc) is 2.99. The summed E-state index contributed by atoms with van der Waals surface area (Å²) in [6.07, 6.45) is 3.62. The van der Waals surface area contributed by atoms with Crippen LogP contribution in [-0.4, -0.2) is 9.97 Å². The first-order valence-corrected chi connectivity index (χ1v) is 12.2. The standard InChI is InChI=1S/C34H23N3.CH4.Pt/c1-2-12-26(13-3-1)31-18-4-5-21-34(31)37(29-16-10-14-27(24-29)32-19-6-8-22-35-32)30-17-11-15-28(25-30)33-20-7-9-23-36-33;;/h1-23H;1H4;/q-2;;+2. The molecular weight excluding hydrogens is 657 g/mol. The van der Waals surface area contributed by atoms with Crippen LogP contribution in [0.3, 0.4) is 0 Å². The summed E-state index contributed by atoms with van der Waals surface area (Å²) >= 11 is 0. The minimum atomic E-state index is 0. The fourth-order valence-corrected chi connectivity index (χ4v) is 4.44. The predicted molar refractivity (Wildman–Crippen MR) is 157 cm³/mol. The van der Waals surface area contributed by atoms with Crippen molar-refractivity contribution in [1.29, 1.82) is 0 Å². The van der Waals surface area contributed by atoms with Gasteiger partial charge in [0.2, 0.25) is 0 Å². The third-order valence-corrected chi connectivity index (χ3v) is 6.15. The minimum Gasteiger partial charge on any atom is -0.346 e. The van der Waals surface area contributed by atoms with Crippen molar-refractivity contribution in [2.75, 3.05) is 4.90 Å². The van der Waals surface area contributed by atoms with E-state index in [1.54, 1.807) is 0 Å². The second-order valence-corrected chi connectivity index (χ2v) is 8.55. The van der Waals surface area contributed by atoms with Crippen LogP contribution in [0, 0.1) is 12.1 Å². The molecule has 0 saturated heterocycles. The Morgan fingerprint density at radius 3 is 1.54 bits per heavy atom. The van der Waals surface area contributed by atoms with Gasteiger partial charge < -0.3 is 14.9 Å². The minimum absolute atomic E-state index is 0. The van der Waals surface area contributed by atoms with E-state index in [0.717, 1.165) is 50.7 Å². The molecule has 3 nitrogen and oxygen atoms in total. The summed E-state index contributed by atoms with van der Waals surface area (Å²) in [5, 5.41) is 0. The summed E-state index contributed by atoms with van der Waals surface area (Å²) in [5.41, 5.74) is 8.74. The van der Waals surface area contributed by atoms with Crippen LogP contribution in [0.25, 0.3) is 33.6 Å². The first-order valence-electron chi connectivity index (χ1n) is 12.2. The Morgan fingerprint density at radius 2 is 1.00 bits per heavy atom. The molecule has 0 amide bonds. The second-order valence-electron chi connectivity index (χ2n) is 8.55. The summed E-state index contributed by atoms with van der Waals surface area (Å²) in [5.74, 6) is 0. The van der Waals surface area contributed by atoms with Gasteiger partial charge in [0.25, 0.3) is 0 Å². The fourth-order valence-electron chi connectivity index (χ4n) is 4.44. The molecule has 2 aromatic heterocycles. The number of pyridine rings is 2. The van der Waals surface area contributed by atoms with Crippen LogP contribution in [0.15, 0.2) is 140 Å². The predicted octanol–water partition coefficient (Wildman–Crippen LogP) is 9.18. The number of para-hydroxylation sites is 1. The third-order valence-electron chi connectivity index (χ3n) is 6.15. The summed E-state index contributed by atoms with van der Waals surface area (Å²) in [7, 11) is 0. The molecule has 0 saturated carbocycles. The average molecular weight is 685 g/mol. The molecule has 0 fully saturated rings. The van der Waals surface area contributed by atoms with Gasteiger partial charge in [-0.2, -0.15) is 0 Å². The van der Waals surface area contributed by atoms with E-state index in [9.17, 15) is 0 Å². The number of nitrogens with zero attached hydrogens (tertiary/aromatic N) is 3. The largest absolute Gasteiger partial charge is 2.00 e. The topological polar surface area (TPSA) is 29.0 Å². The van der Waals surface area contributed by atoms with Gasteiger partial charge >= 0.3 is 21.1 Å². The molecule has 0 radical (unpaired) electrons. The van der Waals surface area contributed by atoms with Crippen molar-refractivity contribution in [3.63, 3.8) is 0 Å². The van der Waals surface area contributed by atoms with Crippen molar-refractivity contribution in [2.45, 2.75) is 7.43 Å². The molecule has 0 unspecified atom stereocenters. The molecule has 0 bridgehead atoms. The quantitative estimate of drug-likeness (QED) is 0.164. The van der Waals surface area contributed by atoms with Crippen molar-refractivity contribution in [3.05, 3.63) is 152 Å². The first-order chi connectivity index (χ1) is 18.4. The van der Waals surface area contributed by atoms with E-state index in [4.69, 9.17) is 0 Å². The van der Waals surface area contributed by atoms with Crippen LogP contribution in [-0.2, 0) is 21.1 Å². The number of hydrogen-bond donors (Lipinski definition) is 0. The molecule has 0 spiro atoms. The van der Waals surface area contributed by atoms with Gasteiger partial charge in [-0.15, -0.1) is 59.7 Å². The molecule has 39 heavy (non-hydrogen) atoms. The van der Waals surface area contributed by atoms with Gasteiger partial charge in [-0.05, 0) is 46.5 Å². The van der Waals surface area contributed by atoms with Crippen LogP contribution in [0.5, 0.6) is 0 Å². The molecule has 0 atom stereocenters. The van der Waals surface area contributed by atoms with E-state index in [-0.39, 0.29) is 28.5 Å². The maximum Gasteiger partial charge on any atom is 2.00 e. The van der Waals surface area contributed by atoms with Gasteiger partial charge in [-0.25, -0.2) is 0 Å². The normalized spacial score (nSPS) is 10.2. The summed E-state index contributed by atoms with van der Waals surface area (Å²) in [6.45, 7) is 0. The van der Waals surface area contributed by atoms with E-state index in [0.29, 0.717) is 0 Å². The van der Waals surface area contributed by atoms with Crippen LogP contribution < -0.4 is 4.90 Å². The van der Waals surface area contributed by atoms with Gasteiger partial charge in [0, 0.05) is 18.0 Å². The van der Waals surface area contributed by atoms with E-state index < -0.39 is 0 Å². The molecule has 192 valence electrons. The number of benzene rings is 4. The smallest absolute Gasteiger partial charge is 0.346 e. The Balaban J connectivity index is 0.00000176. The summed E-state index contributed by atoms with van der Waals surface area (Å²) in [6, 6.07) is 50.3. The second kappa shape index (κ2) is 13.0. The Kier molecular flexibility index (Phi) is 9.20. The van der Waals surface area contributed by atoms with Crippen LogP contribution in [0.2, 0.25) is 0 Å². The molecule has 6 rings (SSSR count). The SMILES string of the molecule is C.[Pt+2].[c-]1c(-c2ccccn2)cccc1N(c1[c-]c(-c2ccccn2)ccc1)c1ccccc1-c1ccccc1. The number of anilines is 3. The Morgan fingerprint density at radius 1 is 0.487 bits per heavy atom. The Labute approximate surface area is 245 Å². The zero-order chi connectivity index (χ0) is 24.9. The number of rotatable bonds is 6. The van der Waals surface area contributed by atoms with E-state index >= 15 is 0 Å². The molecule has 4 heteroatoms. The molecule has 0 aliphatic carbocycles. The molecule has 0 aliphatic rings. The van der Waals surface area contributed by atoms with Gasteiger partial charge in [-0.3, -0.25) is 0 Å². The van der Waals surface area contributed by atoms with Crippen molar-refractivity contribution < 1.29 is 21.1 Å². The van der Waals surface area contributed by atoms with Crippen LogP contribution in [0.1, 0.15) is 7.43 Å². The zero-order valence-electron chi connectivity index (χ0n) is 20.4. The van der Waals surface area contributed by atoms with Gasteiger partial charge in [0.15, 0.2) is 0 Å². The van der Waals surface area contributed by atoms with E-state index in [2.05, 4.69) is 99.8 Å². The fraction of sp³-hybridized carbons (Fsp3) is 0.0286. The number of aromatic nitrogens is 2. The van der Waals surface area contributed by atoms with Crippen molar-refractivity contribution in [2.24, 2.45) is 0 Å². The zero-order valence-corrected chi connectivity index (χ0v) is 22.7. The maximum absolute atomic E-state index is 4.55. The van der Waals surface area contributed by atoms with Crippen LogP contribution in [0.4, 0.5) is 17.1 Å². The summed E-state index contributed by atoms with van der Waals surface area (Å²) < 4.78 is 0. The monoisotopic (exact) mass is 684 g/mol. The Hall–Kier alpha value is -4.33. The molecule has 0 aliphatic heterocycles. The molecule has 6 aromatic rings. The van der Waals surface area contributed by atoms with Gasteiger partial charge in [0.05, 0.1) is 5.69 Å². The van der Waals surface area contributed by atoms with Crippen molar-refractivity contribution in [1.82, 2.24) is 9.97 Å². The molecule has 2 heterocycles. The Bertz CT molecular complexity index is 1540. The maximum atomic E-state index is 4.55. The van der Waals surface area contributed by atoms with E-state index in [1.165, 1.54) is 0 Å². The first kappa shape index (κ1) is 27.7. The van der Waals surface area contributed by atoms with Crippen molar-refractivity contribution in [3.8, 4) is 33.6 Å². The van der Waals surface area contributed by atoms with E-state index in [1.807, 2.05) is 67.0 Å². The van der Waals surface area contributed by atoms with Gasteiger partial charge in [0.1, 0.15) is 0 Å². The number of hydrogen-bond acceptors (Lipinski definition) is 3. The third kappa shape index (κ3) is 6.06. The summed E-state index contributed by atoms with van der Waals surface area (Å²) in [4.78, 5) is 11.3. The van der Waals surface area contributed by atoms with Crippen molar-refractivity contribution >= 4 is 17.1 Å².